The molecule has 0 saturated heterocycles. The topological polar surface area (TPSA) is 40.5 Å². The first-order valence-electron chi connectivity index (χ1n) is 5.35. The standard InChI is InChI=1S/C12H13NO2/c14-12(15)9-7-11(9)13-6-5-8-3-1-2-4-10(8)13/h1-4,9,11H,5-7H2,(H,14,15). The second-order valence-electron chi connectivity index (χ2n) is 4.32. The SMILES string of the molecule is O=C(O)C1CC1N1CCc2ccccc21. The number of fused-ring (bicyclic) bond motifs is 1. The van der Waals surface area contributed by atoms with E-state index in [2.05, 4.69) is 17.0 Å². The minimum atomic E-state index is -0.649. The molecule has 0 bridgehead atoms. The van der Waals surface area contributed by atoms with Gasteiger partial charge in [0.25, 0.3) is 0 Å². The third-order valence-electron chi connectivity index (χ3n) is 3.40. The van der Waals surface area contributed by atoms with Gasteiger partial charge in [-0.05, 0) is 24.5 Å². The molecule has 1 aromatic rings. The van der Waals surface area contributed by atoms with Gasteiger partial charge in [-0.15, -0.1) is 0 Å². The number of rotatable bonds is 2. The first kappa shape index (κ1) is 8.77. The van der Waals surface area contributed by atoms with Crippen LogP contribution < -0.4 is 4.90 Å². The molecule has 1 aromatic carbocycles. The van der Waals surface area contributed by atoms with Gasteiger partial charge in [-0.2, -0.15) is 0 Å². The van der Waals surface area contributed by atoms with E-state index in [0.717, 1.165) is 19.4 Å². The fourth-order valence-electron chi connectivity index (χ4n) is 2.50. The van der Waals surface area contributed by atoms with Gasteiger partial charge in [-0.3, -0.25) is 4.79 Å². The molecule has 1 aliphatic carbocycles. The van der Waals surface area contributed by atoms with E-state index in [4.69, 9.17) is 5.11 Å². The van der Waals surface area contributed by atoms with E-state index in [1.54, 1.807) is 0 Å². The molecule has 0 amide bonds. The highest BCUT2D eigenvalue weighted by atomic mass is 16.4. The summed E-state index contributed by atoms with van der Waals surface area (Å²) >= 11 is 0. The van der Waals surface area contributed by atoms with Crippen molar-refractivity contribution in [2.45, 2.75) is 18.9 Å². The summed E-state index contributed by atoms with van der Waals surface area (Å²) in [7, 11) is 0. The van der Waals surface area contributed by atoms with Crippen molar-refractivity contribution in [3.05, 3.63) is 29.8 Å². The summed E-state index contributed by atoms with van der Waals surface area (Å²) in [5, 5.41) is 8.91. The van der Waals surface area contributed by atoms with E-state index >= 15 is 0 Å². The number of carbonyl (C=O) groups is 1. The number of hydrogen-bond acceptors (Lipinski definition) is 2. The number of carboxylic acids is 1. The Kier molecular flexibility index (Phi) is 1.75. The fraction of sp³-hybridized carbons (Fsp3) is 0.417. The summed E-state index contributed by atoms with van der Waals surface area (Å²) in [5.41, 5.74) is 2.60. The largest absolute Gasteiger partial charge is 0.481 e. The van der Waals surface area contributed by atoms with Gasteiger partial charge in [0.2, 0.25) is 0 Å². The molecule has 2 unspecified atom stereocenters. The minimum Gasteiger partial charge on any atom is -0.481 e. The molecule has 0 radical (unpaired) electrons. The van der Waals surface area contributed by atoms with Crippen molar-refractivity contribution in [1.82, 2.24) is 0 Å². The second kappa shape index (κ2) is 2.99. The van der Waals surface area contributed by atoms with E-state index in [9.17, 15) is 4.79 Å². The summed E-state index contributed by atoms with van der Waals surface area (Å²) < 4.78 is 0. The van der Waals surface area contributed by atoms with Gasteiger partial charge in [-0.1, -0.05) is 18.2 Å². The van der Waals surface area contributed by atoms with Crippen LogP contribution in [0, 0.1) is 5.92 Å². The van der Waals surface area contributed by atoms with Gasteiger partial charge < -0.3 is 10.0 Å². The third kappa shape index (κ3) is 1.30. The highest BCUT2D eigenvalue weighted by Crippen LogP contribution is 2.42. The lowest BCUT2D eigenvalue weighted by atomic mass is 10.2. The molecule has 0 aromatic heterocycles. The van der Waals surface area contributed by atoms with Crippen molar-refractivity contribution in [3.8, 4) is 0 Å². The Bertz CT molecular complexity index is 416. The molecule has 78 valence electrons. The molecule has 0 spiro atoms. The number of carboxylic acid groups (broad SMARTS) is 1. The Labute approximate surface area is 88.3 Å². The Morgan fingerprint density at radius 1 is 1.40 bits per heavy atom. The monoisotopic (exact) mass is 203 g/mol. The van der Waals surface area contributed by atoms with Crippen molar-refractivity contribution in [2.24, 2.45) is 5.92 Å². The molecule has 1 aliphatic heterocycles. The van der Waals surface area contributed by atoms with Crippen molar-refractivity contribution in [1.29, 1.82) is 0 Å². The lowest BCUT2D eigenvalue weighted by Gasteiger charge is -2.18. The van der Waals surface area contributed by atoms with Gasteiger partial charge in [0.05, 0.1) is 5.92 Å². The first-order chi connectivity index (χ1) is 7.27. The van der Waals surface area contributed by atoms with Crippen LogP contribution in [-0.4, -0.2) is 23.7 Å². The maximum absolute atomic E-state index is 10.8. The number of para-hydroxylation sites is 1. The van der Waals surface area contributed by atoms with E-state index in [-0.39, 0.29) is 12.0 Å². The zero-order valence-corrected chi connectivity index (χ0v) is 8.39. The number of aliphatic carboxylic acids is 1. The molecule has 1 N–H and O–H groups in total. The summed E-state index contributed by atoms with van der Waals surface area (Å²) in [6.07, 6.45) is 1.86. The van der Waals surface area contributed by atoms with E-state index in [1.807, 2.05) is 12.1 Å². The van der Waals surface area contributed by atoms with Crippen molar-refractivity contribution in [3.63, 3.8) is 0 Å². The van der Waals surface area contributed by atoms with Crippen LogP contribution in [0.2, 0.25) is 0 Å². The van der Waals surface area contributed by atoms with Gasteiger partial charge in [0.15, 0.2) is 0 Å². The molecular formula is C12H13NO2. The molecule has 2 atom stereocenters. The predicted octanol–water partition coefficient (Wildman–Crippen LogP) is 1.52. The maximum Gasteiger partial charge on any atom is 0.308 e. The highest BCUT2D eigenvalue weighted by molar-refractivity contribution is 5.76. The van der Waals surface area contributed by atoms with Crippen LogP contribution in [0.3, 0.4) is 0 Å². The van der Waals surface area contributed by atoms with E-state index < -0.39 is 5.97 Å². The van der Waals surface area contributed by atoms with Gasteiger partial charge >= 0.3 is 5.97 Å². The molecule has 3 heteroatoms. The maximum atomic E-state index is 10.8. The molecule has 2 aliphatic rings. The van der Waals surface area contributed by atoms with Crippen LogP contribution in [0.5, 0.6) is 0 Å². The second-order valence-corrected chi connectivity index (χ2v) is 4.32. The van der Waals surface area contributed by atoms with Gasteiger partial charge in [0.1, 0.15) is 0 Å². The van der Waals surface area contributed by atoms with Crippen LogP contribution in [0.15, 0.2) is 24.3 Å². The van der Waals surface area contributed by atoms with Crippen LogP contribution in [0.25, 0.3) is 0 Å². The Morgan fingerprint density at radius 2 is 2.20 bits per heavy atom. The summed E-state index contributed by atoms with van der Waals surface area (Å²) in [6, 6.07) is 8.54. The molecular weight excluding hydrogens is 190 g/mol. The number of anilines is 1. The van der Waals surface area contributed by atoms with Gasteiger partial charge in [0, 0.05) is 18.3 Å². The van der Waals surface area contributed by atoms with Crippen LogP contribution >= 0.6 is 0 Å². The predicted molar refractivity (Wildman–Crippen MR) is 57.0 cm³/mol. The van der Waals surface area contributed by atoms with E-state index in [1.165, 1.54) is 11.3 Å². The zero-order chi connectivity index (χ0) is 10.4. The molecule has 1 fully saturated rings. The van der Waals surface area contributed by atoms with Crippen molar-refractivity contribution in [2.75, 3.05) is 11.4 Å². The number of benzene rings is 1. The number of nitrogens with zero attached hydrogens (tertiary/aromatic N) is 1. The zero-order valence-electron chi connectivity index (χ0n) is 8.39. The Hall–Kier alpha value is -1.51. The third-order valence-corrected chi connectivity index (χ3v) is 3.40. The first-order valence-corrected chi connectivity index (χ1v) is 5.35. The smallest absolute Gasteiger partial charge is 0.308 e. The van der Waals surface area contributed by atoms with Gasteiger partial charge in [-0.25, -0.2) is 0 Å². The average molecular weight is 203 g/mol. The fourth-order valence-corrected chi connectivity index (χ4v) is 2.50. The van der Waals surface area contributed by atoms with Crippen molar-refractivity contribution >= 4 is 11.7 Å². The summed E-state index contributed by atoms with van der Waals surface area (Å²) in [6.45, 7) is 0.980. The van der Waals surface area contributed by atoms with Crippen LogP contribution in [0.4, 0.5) is 5.69 Å². The molecule has 3 rings (SSSR count). The van der Waals surface area contributed by atoms with E-state index in [0.29, 0.717) is 0 Å². The normalized spacial score (nSPS) is 27.6. The molecule has 1 saturated carbocycles. The Balaban J connectivity index is 1.84. The van der Waals surface area contributed by atoms with Crippen molar-refractivity contribution < 1.29 is 9.90 Å². The van der Waals surface area contributed by atoms with Crippen LogP contribution in [-0.2, 0) is 11.2 Å². The molecule has 3 nitrogen and oxygen atoms in total. The number of hydrogen-bond donors (Lipinski definition) is 1. The summed E-state index contributed by atoms with van der Waals surface area (Å²) in [4.78, 5) is 13.1. The lowest BCUT2D eigenvalue weighted by molar-refractivity contribution is -0.138. The molecule has 1 heterocycles. The quantitative estimate of drug-likeness (QED) is 0.792. The lowest BCUT2D eigenvalue weighted by Crippen LogP contribution is -2.26. The highest BCUT2D eigenvalue weighted by Gasteiger charge is 2.48. The van der Waals surface area contributed by atoms with Crippen LogP contribution in [0.1, 0.15) is 12.0 Å². The summed E-state index contributed by atoms with van der Waals surface area (Å²) in [5.74, 6) is -0.791. The molecule has 15 heavy (non-hydrogen) atoms. The Morgan fingerprint density at radius 3 is 2.93 bits per heavy atom. The average Bonchev–Trinajstić information content (AvgIpc) is 2.92. The minimum absolute atomic E-state index is 0.142.